The van der Waals surface area contributed by atoms with Crippen LogP contribution in [0.1, 0.15) is 20.7 Å². The molecule has 2 unspecified atom stereocenters. The molecular formula is C15H5N3O4. The minimum absolute atomic E-state index is 0.0340. The molecule has 1 saturated carbocycles. The standard InChI is InChI=1S/C15H5N3O4/c16-5-13-11(21)18-12(22)14(13,6-17)15(13)9(19)7-3-1-2-4-8(7)10(15)20/h1-4H,(H,18,21,22). The Bertz CT molecular complexity index is 860. The molecule has 1 N–H and O–H groups in total. The van der Waals surface area contributed by atoms with Crippen molar-refractivity contribution in [3.8, 4) is 12.1 Å². The molecule has 1 saturated heterocycles. The van der Waals surface area contributed by atoms with E-state index in [0.29, 0.717) is 0 Å². The fourth-order valence-electron chi connectivity index (χ4n) is 4.04. The number of benzene rings is 1. The number of ketones is 2. The lowest BCUT2D eigenvalue weighted by Gasteiger charge is -2.13. The Hall–Kier alpha value is -3.32. The van der Waals surface area contributed by atoms with Crippen molar-refractivity contribution in [2.24, 2.45) is 16.2 Å². The van der Waals surface area contributed by atoms with Gasteiger partial charge in [0.1, 0.15) is 0 Å². The molecule has 2 aliphatic carbocycles. The van der Waals surface area contributed by atoms with Crippen molar-refractivity contribution in [1.82, 2.24) is 5.32 Å². The van der Waals surface area contributed by atoms with Gasteiger partial charge in [-0.25, -0.2) is 0 Å². The molecule has 0 radical (unpaired) electrons. The van der Waals surface area contributed by atoms with Gasteiger partial charge in [-0.1, -0.05) is 24.3 Å². The van der Waals surface area contributed by atoms with Gasteiger partial charge >= 0.3 is 0 Å². The van der Waals surface area contributed by atoms with E-state index in [1.54, 1.807) is 12.1 Å². The summed E-state index contributed by atoms with van der Waals surface area (Å²) in [7, 11) is 0. The highest BCUT2D eigenvalue weighted by Gasteiger charge is 3.05. The third kappa shape index (κ3) is 0.735. The van der Waals surface area contributed by atoms with Gasteiger partial charge in [-0.15, -0.1) is 0 Å². The number of piperidine rings is 1. The molecule has 4 rings (SSSR count). The first-order valence-corrected chi connectivity index (χ1v) is 6.34. The topological polar surface area (TPSA) is 128 Å². The van der Waals surface area contributed by atoms with Crippen molar-refractivity contribution in [3.63, 3.8) is 0 Å². The number of nitriles is 2. The maximum absolute atomic E-state index is 12.8. The number of carbonyl (C=O) groups is 4. The van der Waals surface area contributed by atoms with Gasteiger partial charge in [0.15, 0.2) is 27.8 Å². The average Bonchev–Trinajstić information content (AvgIpc) is 2.94. The number of carbonyl (C=O) groups excluding carboxylic acids is 4. The predicted molar refractivity (Wildman–Crippen MR) is 66.8 cm³/mol. The van der Waals surface area contributed by atoms with Crippen LogP contribution in [0.25, 0.3) is 0 Å². The highest BCUT2D eigenvalue weighted by molar-refractivity contribution is 6.42. The van der Waals surface area contributed by atoms with Gasteiger partial charge in [0, 0.05) is 11.1 Å². The van der Waals surface area contributed by atoms with Crippen LogP contribution >= 0.6 is 0 Å². The molecule has 2 atom stereocenters. The van der Waals surface area contributed by atoms with Gasteiger partial charge < -0.3 is 0 Å². The molecule has 3 aliphatic rings. The molecule has 1 heterocycles. The van der Waals surface area contributed by atoms with Crippen molar-refractivity contribution in [2.75, 3.05) is 0 Å². The summed E-state index contributed by atoms with van der Waals surface area (Å²) in [6.07, 6.45) is 0. The molecule has 22 heavy (non-hydrogen) atoms. The van der Waals surface area contributed by atoms with Crippen LogP contribution in [0.5, 0.6) is 0 Å². The lowest BCUT2D eigenvalue weighted by atomic mass is 9.86. The van der Waals surface area contributed by atoms with E-state index in [-0.39, 0.29) is 11.1 Å². The molecule has 1 spiro atoms. The SMILES string of the molecule is N#CC12C(=O)NC(=O)C1(C#N)C21C(=O)c2ccccc2C1=O. The number of hydrogen-bond donors (Lipinski definition) is 1. The van der Waals surface area contributed by atoms with Crippen molar-refractivity contribution in [2.45, 2.75) is 0 Å². The largest absolute Gasteiger partial charge is 0.293 e. The molecule has 7 nitrogen and oxygen atoms in total. The predicted octanol–water partition coefficient (Wildman–Crippen LogP) is -0.258. The summed E-state index contributed by atoms with van der Waals surface area (Å²) in [5, 5.41) is 20.8. The summed E-state index contributed by atoms with van der Waals surface area (Å²) in [5.41, 5.74) is -6.73. The average molecular weight is 291 g/mol. The molecule has 7 heteroatoms. The monoisotopic (exact) mass is 291 g/mol. The quantitative estimate of drug-likeness (QED) is 0.518. The van der Waals surface area contributed by atoms with Crippen molar-refractivity contribution in [3.05, 3.63) is 35.4 Å². The molecular weight excluding hydrogens is 286 g/mol. The summed E-state index contributed by atoms with van der Waals surface area (Å²) in [4.78, 5) is 49.8. The molecule has 0 aromatic heterocycles. The zero-order chi connectivity index (χ0) is 15.9. The summed E-state index contributed by atoms with van der Waals surface area (Å²) < 4.78 is 0. The van der Waals surface area contributed by atoms with Gasteiger partial charge in [0.05, 0.1) is 12.1 Å². The summed E-state index contributed by atoms with van der Waals surface area (Å²) in [6.45, 7) is 0. The van der Waals surface area contributed by atoms with Crippen LogP contribution in [0.4, 0.5) is 0 Å². The highest BCUT2D eigenvalue weighted by atomic mass is 16.2. The zero-order valence-electron chi connectivity index (χ0n) is 10.8. The van der Waals surface area contributed by atoms with Gasteiger partial charge in [-0.3, -0.25) is 24.5 Å². The number of nitrogens with zero attached hydrogens (tertiary/aromatic N) is 2. The fourth-order valence-corrected chi connectivity index (χ4v) is 4.04. The second-order valence-corrected chi connectivity index (χ2v) is 5.46. The Labute approximate surface area is 123 Å². The minimum Gasteiger partial charge on any atom is -0.293 e. The van der Waals surface area contributed by atoms with Gasteiger partial charge in [-0.05, 0) is 0 Å². The summed E-state index contributed by atoms with van der Waals surface area (Å²) in [6, 6.07) is 9.06. The number of amides is 2. The normalized spacial score (nSPS) is 33.0. The number of nitrogens with one attached hydrogen (secondary N) is 1. The second kappa shape index (κ2) is 3.12. The molecule has 1 aromatic rings. The summed E-state index contributed by atoms with van der Waals surface area (Å²) in [5.74, 6) is -3.73. The third-order valence-electron chi connectivity index (χ3n) is 4.97. The Morgan fingerprint density at radius 2 is 1.23 bits per heavy atom. The van der Waals surface area contributed by atoms with Crippen LogP contribution in [0.15, 0.2) is 24.3 Å². The van der Waals surface area contributed by atoms with Gasteiger partial charge in [0.25, 0.3) is 11.8 Å². The van der Waals surface area contributed by atoms with E-state index < -0.39 is 39.6 Å². The van der Waals surface area contributed by atoms with Crippen LogP contribution in [0, 0.1) is 38.9 Å². The lowest BCUT2D eigenvalue weighted by Crippen LogP contribution is -2.42. The van der Waals surface area contributed by atoms with E-state index in [1.807, 2.05) is 5.32 Å². The lowest BCUT2D eigenvalue weighted by molar-refractivity contribution is -0.129. The van der Waals surface area contributed by atoms with Crippen molar-refractivity contribution >= 4 is 23.4 Å². The number of hydrogen-bond acceptors (Lipinski definition) is 6. The van der Waals surface area contributed by atoms with Crippen LogP contribution in [0.3, 0.4) is 0 Å². The smallest absolute Gasteiger partial charge is 0.250 e. The van der Waals surface area contributed by atoms with E-state index in [0.717, 1.165) is 0 Å². The first kappa shape index (κ1) is 12.4. The van der Waals surface area contributed by atoms with Crippen molar-refractivity contribution in [1.29, 1.82) is 10.5 Å². The van der Waals surface area contributed by atoms with Crippen LogP contribution < -0.4 is 5.32 Å². The highest BCUT2D eigenvalue weighted by Crippen LogP contribution is 2.83. The molecule has 0 bridgehead atoms. The maximum atomic E-state index is 12.8. The van der Waals surface area contributed by atoms with Crippen molar-refractivity contribution < 1.29 is 19.2 Å². The van der Waals surface area contributed by atoms with Gasteiger partial charge in [-0.2, -0.15) is 10.5 Å². The Morgan fingerprint density at radius 3 is 1.59 bits per heavy atom. The van der Waals surface area contributed by atoms with Crippen LogP contribution in [-0.4, -0.2) is 23.4 Å². The Morgan fingerprint density at radius 1 is 0.818 bits per heavy atom. The zero-order valence-corrected chi connectivity index (χ0v) is 10.8. The molecule has 2 amide bonds. The minimum atomic E-state index is -2.28. The fraction of sp³-hybridized carbons (Fsp3) is 0.200. The van der Waals surface area contributed by atoms with E-state index in [2.05, 4.69) is 0 Å². The molecule has 1 aromatic carbocycles. The molecule has 2 fully saturated rings. The number of imide groups is 1. The number of fused-ring (bicyclic) bond motifs is 4. The van der Waals surface area contributed by atoms with E-state index in [9.17, 15) is 29.7 Å². The molecule has 1 aliphatic heterocycles. The first-order valence-electron chi connectivity index (χ1n) is 6.34. The van der Waals surface area contributed by atoms with Crippen LogP contribution in [-0.2, 0) is 9.59 Å². The Balaban J connectivity index is 2.12. The van der Waals surface area contributed by atoms with E-state index in [1.165, 1.54) is 24.3 Å². The third-order valence-corrected chi connectivity index (χ3v) is 4.97. The van der Waals surface area contributed by atoms with E-state index >= 15 is 0 Å². The second-order valence-electron chi connectivity index (χ2n) is 5.46. The van der Waals surface area contributed by atoms with Gasteiger partial charge in [0.2, 0.25) is 0 Å². The Kier molecular flexibility index (Phi) is 1.76. The van der Waals surface area contributed by atoms with Crippen LogP contribution in [0.2, 0.25) is 0 Å². The molecule has 104 valence electrons. The first-order chi connectivity index (χ1) is 10.5. The van der Waals surface area contributed by atoms with E-state index in [4.69, 9.17) is 0 Å². The number of Topliss-reactive ketones (excluding diaryl/α,β-unsaturated/α-hetero) is 2. The number of rotatable bonds is 0. The maximum Gasteiger partial charge on any atom is 0.250 e. The summed E-state index contributed by atoms with van der Waals surface area (Å²) >= 11 is 0.